The summed E-state index contributed by atoms with van der Waals surface area (Å²) in [5, 5.41) is 14.4. The first-order valence-electron chi connectivity index (χ1n) is 7.49. The Morgan fingerprint density at radius 2 is 2.08 bits per heavy atom. The molecule has 1 fully saturated rings. The monoisotopic (exact) mass is 382 g/mol. The van der Waals surface area contributed by atoms with Crippen LogP contribution in [0.1, 0.15) is 5.82 Å². The average molecular weight is 383 g/mol. The first kappa shape index (κ1) is 17.4. The standard InChI is InChI=1S/C14H15ClN6O3S/c1-9-16-14(25-18-9)20-6-4-19(5-7-20)13(22)17-12-3-2-10(21(23)24)8-11(12)15/h2-3,8H,4-7H2,1H3,(H,17,22). The van der Waals surface area contributed by atoms with E-state index in [9.17, 15) is 14.9 Å². The number of carbonyl (C=O) groups excluding carboxylic acids is 1. The van der Waals surface area contributed by atoms with Crippen molar-refractivity contribution in [2.45, 2.75) is 6.92 Å². The van der Waals surface area contributed by atoms with Gasteiger partial charge in [-0.2, -0.15) is 4.37 Å². The molecule has 1 N–H and O–H groups in total. The lowest BCUT2D eigenvalue weighted by atomic mass is 10.3. The van der Waals surface area contributed by atoms with Crippen molar-refractivity contribution in [1.82, 2.24) is 14.3 Å². The smallest absolute Gasteiger partial charge is 0.322 e. The van der Waals surface area contributed by atoms with Crippen LogP contribution >= 0.6 is 23.1 Å². The van der Waals surface area contributed by atoms with Crippen LogP contribution in [0.25, 0.3) is 0 Å². The van der Waals surface area contributed by atoms with Gasteiger partial charge in [0.2, 0.25) is 5.13 Å². The second kappa shape index (κ2) is 7.19. The molecule has 0 atom stereocenters. The second-order valence-corrected chi connectivity index (χ2v) is 6.59. The predicted octanol–water partition coefficient (Wildman–Crippen LogP) is 2.76. The molecule has 1 aliphatic heterocycles. The van der Waals surface area contributed by atoms with Crippen molar-refractivity contribution in [3.05, 3.63) is 39.2 Å². The first-order valence-corrected chi connectivity index (χ1v) is 8.64. The molecule has 0 saturated carbocycles. The van der Waals surface area contributed by atoms with Crippen LogP contribution in [0, 0.1) is 17.0 Å². The van der Waals surface area contributed by atoms with Crippen LogP contribution in [0.3, 0.4) is 0 Å². The Balaban J connectivity index is 1.59. The van der Waals surface area contributed by atoms with Crippen LogP contribution in [0.4, 0.5) is 21.3 Å². The molecule has 11 heteroatoms. The lowest BCUT2D eigenvalue weighted by molar-refractivity contribution is -0.384. The summed E-state index contributed by atoms with van der Waals surface area (Å²) >= 11 is 7.35. The summed E-state index contributed by atoms with van der Waals surface area (Å²) in [5.74, 6) is 0.744. The number of hydrogen-bond donors (Lipinski definition) is 1. The number of rotatable bonds is 3. The first-order chi connectivity index (χ1) is 11.9. The Bertz CT molecular complexity index is 806. The number of nitrogens with one attached hydrogen (secondary N) is 1. The summed E-state index contributed by atoms with van der Waals surface area (Å²) in [5.41, 5.74) is 0.225. The van der Waals surface area contributed by atoms with Gasteiger partial charge in [-0.15, -0.1) is 0 Å². The zero-order valence-electron chi connectivity index (χ0n) is 13.3. The van der Waals surface area contributed by atoms with Crippen molar-refractivity contribution in [3.8, 4) is 0 Å². The number of amides is 2. The van der Waals surface area contributed by atoms with Crippen LogP contribution in [-0.2, 0) is 0 Å². The molecule has 0 aliphatic carbocycles. The molecule has 0 unspecified atom stereocenters. The van der Waals surface area contributed by atoms with Gasteiger partial charge in [0, 0.05) is 49.8 Å². The number of urea groups is 1. The molecule has 0 bridgehead atoms. The third kappa shape index (κ3) is 3.97. The van der Waals surface area contributed by atoms with Crippen LogP contribution in [-0.4, -0.2) is 51.4 Å². The van der Waals surface area contributed by atoms with E-state index in [1.54, 1.807) is 4.90 Å². The Morgan fingerprint density at radius 3 is 2.64 bits per heavy atom. The fourth-order valence-corrected chi connectivity index (χ4v) is 3.38. The number of piperazine rings is 1. The number of benzene rings is 1. The summed E-state index contributed by atoms with van der Waals surface area (Å²) in [4.78, 5) is 30.7. The highest BCUT2D eigenvalue weighted by Crippen LogP contribution is 2.27. The van der Waals surface area contributed by atoms with E-state index >= 15 is 0 Å². The molecule has 0 radical (unpaired) electrons. The fraction of sp³-hybridized carbons (Fsp3) is 0.357. The predicted molar refractivity (Wildman–Crippen MR) is 95.6 cm³/mol. The van der Waals surface area contributed by atoms with Gasteiger partial charge in [-0.25, -0.2) is 9.78 Å². The third-order valence-electron chi connectivity index (χ3n) is 3.76. The summed E-state index contributed by atoms with van der Waals surface area (Å²) in [6, 6.07) is 3.66. The molecule has 1 saturated heterocycles. The number of halogens is 1. The number of hydrogen-bond acceptors (Lipinski definition) is 7. The van der Waals surface area contributed by atoms with Crippen molar-refractivity contribution in [2.75, 3.05) is 36.4 Å². The van der Waals surface area contributed by atoms with Crippen molar-refractivity contribution >= 4 is 45.7 Å². The molecule has 1 aromatic heterocycles. The van der Waals surface area contributed by atoms with Gasteiger partial charge in [0.25, 0.3) is 5.69 Å². The normalized spacial score (nSPS) is 14.5. The maximum atomic E-state index is 12.4. The molecule has 1 aliphatic rings. The Kier molecular flexibility index (Phi) is 5.00. The molecule has 2 amide bonds. The van der Waals surface area contributed by atoms with Crippen LogP contribution < -0.4 is 10.2 Å². The van der Waals surface area contributed by atoms with Gasteiger partial charge in [-0.3, -0.25) is 10.1 Å². The number of nitrogens with zero attached hydrogens (tertiary/aromatic N) is 5. The van der Waals surface area contributed by atoms with E-state index in [0.29, 0.717) is 31.9 Å². The minimum Gasteiger partial charge on any atom is -0.343 e. The van der Waals surface area contributed by atoms with Crippen LogP contribution in [0.5, 0.6) is 0 Å². The Hall–Kier alpha value is -2.46. The number of aryl methyl sites for hydroxylation is 1. The van der Waals surface area contributed by atoms with Gasteiger partial charge in [-0.05, 0) is 13.0 Å². The van der Waals surface area contributed by atoms with Gasteiger partial charge < -0.3 is 15.1 Å². The van der Waals surface area contributed by atoms with Gasteiger partial charge in [0.15, 0.2) is 0 Å². The fourth-order valence-electron chi connectivity index (χ4n) is 2.43. The lowest BCUT2D eigenvalue weighted by Crippen LogP contribution is -2.50. The van der Waals surface area contributed by atoms with Gasteiger partial charge >= 0.3 is 6.03 Å². The summed E-state index contributed by atoms with van der Waals surface area (Å²) in [6.45, 7) is 4.24. The topological polar surface area (TPSA) is 105 Å². The van der Waals surface area contributed by atoms with Crippen LogP contribution in [0.15, 0.2) is 18.2 Å². The van der Waals surface area contributed by atoms with E-state index in [0.717, 1.165) is 11.0 Å². The molecular formula is C14H15ClN6O3S. The van der Waals surface area contributed by atoms with E-state index in [1.165, 1.54) is 29.7 Å². The number of nitro benzene ring substituents is 1. The van der Waals surface area contributed by atoms with E-state index < -0.39 is 4.92 Å². The van der Waals surface area contributed by atoms with Crippen molar-refractivity contribution in [2.24, 2.45) is 0 Å². The zero-order chi connectivity index (χ0) is 18.0. The zero-order valence-corrected chi connectivity index (χ0v) is 14.9. The number of aromatic nitrogens is 2. The van der Waals surface area contributed by atoms with Crippen molar-refractivity contribution < 1.29 is 9.72 Å². The molecule has 2 aromatic rings. The molecule has 0 spiro atoms. The molecule has 1 aromatic carbocycles. The summed E-state index contributed by atoms with van der Waals surface area (Å²) in [6.07, 6.45) is 0. The molecule has 25 heavy (non-hydrogen) atoms. The molecule has 3 rings (SSSR count). The maximum absolute atomic E-state index is 12.4. The maximum Gasteiger partial charge on any atom is 0.322 e. The van der Waals surface area contributed by atoms with E-state index in [4.69, 9.17) is 11.6 Å². The highest BCUT2D eigenvalue weighted by Gasteiger charge is 2.23. The highest BCUT2D eigenvalue weighted by atomic mass is 35.5. The molecule has 132 valence electrons. The lowest BCUT2D eigenvalue weighted by Gasteiger charge is -2.34. The van der Waals surface area contributed by atoms with Gasteiger partial charge in [-0.1, -0.05) is 11.6 Å². The minimum absolute atomic E-state index is 0.121. The molecular weight excluding hydrogens is 368 g/mol. The quantitative estimate of drug-likeness (QED) is 0.646. The van der Waals surface area contributed by atoms with Crippen molar-refractivity contribution in [3.63, 3.8) is 0 Å². The van der Waals surface area contributed by atoms with Crippen molar-refractivity contribution in [1.29, 1.82) is 0 Å². The molecule has 2 heterocycles. The Morgan fingerprint density at radius 1 is 1.36 bits per heavy atom. The number of non-ortho nitro benzene ring substituents is 1. The Labute approximate surface area is 152 Å². The summed E-state index contributed by atoms with van der Waals surface area (Å²) in [7, 11) is 0. The third-order valence-corrected chi connectivity index (χ3v) is 4.94. The van der Waals surface area contributed by atoms with Crippen LogP contribution in [0.2, 0.25) is 5.02 Å². The second-order valence-electron chi connectivity index (χ2n) is 5.45. The van der Waals surface area contributed by atoms with E-state index in [1.807, 2.05) is 6.92 Å². The average Bonchev–Trinajstić information content (AvgIpc) is 3.03. The summed E-state index contributed by atoms with van der Waals surface area (Å²) < 4.78 is 4.16. The number of carbonyl (C=O) groups is 1. The SMILES string of the molecule is Cc1nsc(N2CCN(C(=O)Nc3ccc([N+](=O)[O-])cc3Cl)CC2)n1. The largest absolute Gasteiger partial charge is 0.343 e. The van der Waals surface area contributed by atoms with Gasteiger partial charge in [0.1, 0.15) is 5.82 Å². The number of nitro groups is 1. The van der Waals surface area contributed by atoms with E-state index in [-0.39, 0.29) is 16.7 Å². The van der Waals surface area contributed by atoms with Gasteiger partial charge in [0.05, 0.1) is 15.6 Å². The minimum atomic E-state index is -0.536. The molecule has 9 nitrogen and oxygen atoms in total. The number of anilines is 2. The van der Waals surface area contributed by atoms with E-state index in [2.05, 4.69) is 19.6 Å². The highest BCUT2D eigenvalue weighted by molar-refractivity contribution is 7.09.